The van der Waals surface area contributed by atoms with Crippen LogP contribution in [0.5, 0.6) is 0 Å². The molecule has 1 aliphatic rings. The molecule has 0 unspecified atom stereocenters. The number of aryl methyl sites for hydroxylation is 1. The van der Waals surface area contributed by atoms with Crippen LogP contribution >= 0.6 is 15.9 Å². The van der Waals surface area contributed by atoms with E-state index < -0.39 is 0 Å². The third-order valence-corrected chi connectivity index (χ3v) is 7.26. The minimum Gasteiger partial charge on any atom is -0.383 e. The number of fused-ring (bicyclic) bond motifs is 2. The van der Waals surface area contributed by atoms with E-state index in [0.29, 0.717) is 24.1 Å². The van der Waals surface area contributed by atoms with Crippen LogP contribution in [0.25, 0.3) is 27.7 Å². The molecule has 1 aromatic carbocycles. The highest BCUT2D eigenvalue weighted by Gasteiger charge is 2.23. The van der Waals surface area contributed by atoms with Crippen molar-refractivity contribution < 1.29 is 4.79 Å². The molecular weight excluding hydrogens is 496 g/mol. The molecule has 0 atom stereocenters. The maximum absolute atomic E-state index is 11.8. The van der Waals surface area contributed by atoms with Crippen LogP contribution in [0.2, 0.25) is 0 Å². The fraction of sp³-hybridized carbons (Fsp3) is 0.333. The Morgan fingerprint density at radius 3 is 2.79 bits per heavy atom. The summed E-state index contributed by atoms with van der Waals surface area (Å²) >= 11 is 3.61. The van der Waals surface area contributed by atoms with Crippen LogP contribution in [-0.2, 0) is 6.54 Å². The number of hydrogen-bond acceptors (Lipinski definition) is 6. The zero-order valence-corrected chi connectivity index (χ0v) is 20.8. The monoisotopic (exact) mass is 522 g/mol. The molecule has 34 heavy (non-hydrogen) atoms. The number of pyridine rings is 1. The van der Waals surface area contributed by atoms with Gasteiger partial charge in [0.15, 0.2) is 5.65 Å². The van der Waals surface area contributed by atoms with Gasteiger partial charge in [-0.3, -0.25) is 4.98 Å². The number of nitrogen functional groups attached to an aromatic ring is 1. The summed E-state index contributed by atoms with van der Waals surface area (Å²) in [6, 6.07) is 8.62. The molecule has 1 fully saturated rings. The van der Waals surface area contributed by atoms with Crippen LogP contribution in [0.15, 0.2) is 41.1 Å². The number of anilines is 1. The summed E-state index contributed by atoms with van der Waals surface area (Å²) < 4.78 is 2.39. The lowest BCUT2D eigenvalue weighted by molar-refractivity contribution is 0.178. The maximum Gasteiger partial charge on any atom is 0.317 e. The predicted octanol–water partition coefficient (Wildman–Crippen LogP) is 3.49. The Balaban J connectivity index is 1.41. The number of hydrogen-bond donors (Lipinski definition) is 3. The molecule has 1 saturated heterocycles. The van der Waals surface area contributed by atoms with Gasteiger partial charge in [0, 0.05) is 55.4 Å². The largest absolute Gasteiger partial charge is 0.383 e. The third kappa shape index (κ3) is 4.19. The number of nitrogens with one attached hydrogen (secondary N) is 2. The second-order valence-corrected chi connectivity index (χ2v) is 9.46. The first-order chi connectivity index (χ1) is 16.4. The molecule has 176 valence electrons. The summed E-state index contributed by atoms with van der Waals surface area (Å²) in [6.45, 7) is 4.09. The van der Waals surface area contributed by atoms with E-state index in [9.17, 15) is 4.79 Å². The number of likely N-dealkylation sites (tertiary alicyclic amines) is 1. The summed E-state index contributed by atoms with van der Waals surface area (Å²) in [5.74, 6) is 0.507. The number of halogens is 1. The smallest absolute Gasteiger partial charge is 0.317 e. The number of amides is 2. The number of piperidine rings is 1. The van der Waals surface area contributed by atoms with Gasteiger partial charge in [0.25, 0.3) is 0 Å². The van der Waals surface area contributed by atoms with Gasteiger partial charge in [-0.2, -0.15) is 9.61 Å². The standard InChI is InChI=1S/C24H27BrN8O/c1-14-3-4-19-15(9-14)10-16(11-29-19)18-12-30-33-22(26)21(25)20(31-23(18)33)13-28-17-5-7-32(8-6-17)24(34)27-2/h3-4,9-12,17,28H,5-8,13,26H2,1-2H3,(H,27,34). The van der Waals surface area contributed by atoms with E-state index in [2.05, 4.69) is 61.8 Å². The van der Waals surface area contributed by atoms with Gasteiger partial charge in [0.2, 0.25) is 0 Å². The summed E-state index contributed by atoms with van der Waals surface area (Å²) in [6.07, 6.45) is 5.42. The lowest BCUT2D eigenvalue weighted by atomic mass is 10.1. The molecule has 0 saturated carbocycles. The number of rotatable bonds is 4. The highest BCUT2D eigenvalue weighted by Crippen LogP contribution is 2.31. The van der Waals surface area contributed by atoms with E-state index >= 15 is 0 Å². The van der Waals surface area contributed by atoms with Crippen molar-refractivity contribution in [3.63, 3.8) is 0 Å². The van der Waals surface area contributed by atoms with Crippen molar-refractivity contribution >= 4 is 44.3 Å². The minimum atomic E-state index is -0.0207. The van der Waals surface area contributed by atoms with E-state index in [-0.39, 0.29) is 6.03 Å². The minimum absolute atomic E-state index is 0.0207. The zero-order valence-electron chi connectivity index (χ0n) is 19.2. The molecule has 1 aliphatic heterocycles. The lowest BCUT2D eigenvalue weighted by Gasteiger charge is -2.32. The fourth-order valence-corrected chi connectivity index (χ4v) is 4.85. The van der Waals surface area contributed by atoms with Crippen LogP contribution in [0.1, 0.15) is 24.1 Å². The molecule has 10 heteroatoms. The number of urea groups is 1. The van der Waals surface area contributed by atoms with Crippen molar-refractivity contribution in [3.8, 4) is 11.1 Å². The maximum atomic E-state index is 11.8. The number of carbonyl (C=O) groups is 1. The van der Waals surface area contributed by atoms with Gasteiger partial charge in [-0.05, 0) is 53.9 Å². The highest BCUT2D eigenvalue weighted by molar-refractivity contribution is 9.10. The molecule has 0 radical (unpaired) electrons. The van der Waals surface area contributed by atoms with Crippen molar-refractivity contribution in [2.45, 2.75) is 32.4 Å². The van der Waals surface area contributed by atoms with Crippen LogP contribution in [-0.4, -0.2) is 56.7 Å². The number of aromatic nitrogens is 4. The summed E-state index contributed by atoms with van der Waals surface area (Å²) in [4.78, 5) is 23.2. The lowest BCUT2D eigenvalue weighted by Crippen LogP contribution is -2.47. The molecule has 4 aromatic rings. The Morgan fingerprint density at radius 1 is 1.24 bits per heavy atom. The Labute approximate surface area is 205 Å². The normalized spacial score (nSPS) is 14.7. The summed E-state index contributed by atoms with van der Waals surface area (Å²) in [7, 11) is 1.66. The average molecular weight is 523 g/mol. The van der Waals surface area contributed by atoms with Crippen LogP contribution < -0.4 is 16.4 Å². The quantitative estimate of drug-likeness (QED) is 0.378. The van der Waals surface area contributed by atoms with Gasteiger partial charge < -0.3 is 21.3 Å². The second kappa shape index (κ2) is 9.19. The van der Waals surface area contributed by atoms with Gasteiger partial charge in [-0.15, -0.1) is 0 Å². The molecule has 4 heterocycles. The molecule has 5 rings (SSSR count). The first kappa shape index (κ1) is 22.5. The van der Waals surface area contributed by atoms with E-state index in [4.69, 9.17) is 10.7 Å². The zero-order chi connectivity index (χ0) is 23.8. The topological polar surface area (TPSA) is 113 Å². The number of carbonyl (C=O) groups excluding carboxylic acids is 1. The van der Waals surface area contributed by atoms with Crippen molar-refractivity contribution in [2.24, 2.45) is 0 Å². The van der Waals surface area contributed by atoms with Crippen LogP contribution in [0.3, 0.4) is 0 Å². The van der Waals surface area contributed by atoms with Gasteiger partial charge in [-0.25, -0.2) is 9.78 Å². The first-order valence-electron chi connectivity index (χ1n) is 11.3. The Morgan fingerprint density at radius 2 is 2.03 bits per heavy atom. The molecular formula is C24H27BrN8O. The first-order valence-corrected chi connectivity index (χ1v) is 12.1. The van der Waals surface area contributed by atoms with Crippen molar-refractivity contribution in [1.29, 1.82) is 0 Å². The molecule has 0 spiro atoms. The van der Waals surface area contributed by atoms with E-state index in [1.54, 1.807) is 17.8 Å². The molecule has 9 nitrogen and oxygen atoms in total. The van der Waals surface area contributed by atoms with Gasteiger partial charge in [0.05, 0.1) is 21.9 Å². The van der Waals surface area contributed by atoms with Crippen molar-refractivity contribution in [3.05, 3.63) is 52.4 Å². The summed E-state index contributed by atoms with van der Waals surface area (Å²) in [5.41, 5.74) is 11.9. The van der Waals surface area contributed by atoms with Gasteiger partial charge in [0.1, 0.15) is 5.82 Å². The van der Waals surface area contributed by atoms with Crippen molar-refractivity contribution in [1.82, 2.24) is 35.1 Å². The van der Waals surface area contributed by atoms with Crippen LogP contribution in [0.4, 0.5) is 10.6 Å². The van der Waals surface area contributed by atoms with Gasteiger partial charge >= 0.3 is 6.03 Å². The Kier molecular flexibility index (Phi) is 6.09. The summed E-state index contributed by atoms with van der Waals surface area (Å²) in [5, 5.41) is 11.8. The molecule has 0 bridgehead atoms. The predicted molar refractivity (Wildman–Crippen MR) is 136 cm³/mol. The Bertz CT molecular complexity index is 1380. The fourth-order valence-electron chi connectivity index (χ4n) is 4.45. The van der Waals surface area contributed by atoms with E-state index in [0.717, 1.165) is 58.1 Å². The molecule has 3 aromatic heterocycles. The molecule has 0 aliphatic carbocycles. The Hall–Kier alpha value is -3.24. The second-order valence-electron chi connectivity index (χ2n) is 8.67. The SMILES string of the molecule is CNC(=O)N1CCC(NCc2nc3c(-c4cnc5ccc(C)cc5c4)cnn3c(N)c2Br)CC1. The third-order valence-electron chi connectivity index (χ3n) is 6.39. The number of nitrogens with zero attached hydrogens (tertiary/aromatic N) is 5. The van der Waals surface area contributed by atoms with E-state index in [1.165, 1.54) is 5.56 Å². The molecule has 2 amide bonds. The van der Waals surface area contributed by atoms with Crippen LogP contribution in [0, 0.1) is 6.92 Å². The molecule has 4 N–H and O–H groups in total. The average Bonchev–Trinajstić information content (AvgIpc) is 3.28. The van der Waals surface area contributed by atoms with Gasteiger partial charge in [-0.1, -0.05) is 11.6 Å². The van der Waals surface area contributed by atoms with Crippen molar-refractivity contribution in [2.75, 3.05) is 25.9 Å². The van der Waals surface area contributed by atoms with E-state index in [1.807, 2.05) is 17.2 Å². The highest BCUT2D eigenvalue weighted by atomic mass is 79.9. The number of nitrogens with two attached hydrogens (primary N) is 1. The number of benzene rings is 1.